The fourth-order valence-corrected chi connectivity index (χ4v) is 6.40. The summed E-state index contributed by atoms with van der Waals surface area (Å²) in [7, 11) is 1.47. The number of nitrogens with zero attached hydrogens (tertiary/aromatic N) is 4. The Bertz CT molecular complexity index is 1250. The molecule has 5 atom stereocenters. The maximum atomic E-state index is 14.6. The molecule has 13 heteroatoms. The van der Waals surface area contributed by atoms with E-state index in [1.54, 1.807) is 0 Å². The number of hydrogen-bond donors (Lipinski definition) is 3. The lowest BCUT2D eigenvalue weighted by molar-refractivity contribution is -0.210. The molecule has 1 aliphatic carbocycles. The van der Waals surface area contributed by atoms with Crippen LogP contribution in [0.25, 0.3) is 11.3 Å². The van der Waals surface area contributed by atoms with Crippen molar-refractivity contribution in [1.82, 2.24) is 15.0 Å². The largest absolute Gasteiger partial charge is 0.394 e. The minimum absolute atomic E-state index is 0.0379. The topological polar surface area (TPSA) is 131 Å². The number of ether oxygens (including phenoxy) is 2. The predicted octanol–water partition coefficient (Wildman–Crippen LogP) is 3.42. The lowest BCUT2D eigenvalue weighted by Crippen LogP contribution is -2.57. The minimum atomic E-state index is -1.24. The Balaban J connectivity index is 1.34. The van der Waals surface area contributed by atoms with E-state index in [9.17, 15) is 24.1 Å². The lowest BCUT2D eigenvalue weighted by Gasteiger charge is -2.43. The SMILES string of the molecule is CO[C@@H]1[C@@H](n2cc(-c3ccc(Cl)c(F)c3F)nn2)[C@@H](O)[C@@H](CO)O[C@@H]1CC1=NOC2(CCC(C(C)(C)O)CC2)C1. The van der Waals surface area contributed by atoms with Gasteiger partial charge in [0.15, 0.2) is 11.6 Å². The molecule has 3 heterocycles. The van der Waals surface area contributed by atoms with E-state index >= 15 is 0 Å². The van der Waals surface area contributed by atoms with Gasteiger partial charge in [-0.15, -0.1) is 5.10 Å². The Hall–Kier alpha value is -2.22. The third kappa shape index (κ3) is 5.49. The molecule has 1 aromatic carbocycles. The number of methoxy groups -OCH3 is 1. The smallest absolute Gasteiger partial charge is 0.178 e. The first-order valence-electron chi connectivity index (χ1n) is 13.5. The summed E-state index contributed by atoms with van der Waals surface area (Å²) < 4.78 is 41.8. The minimum Gasteiger partial charge on any atom is -0.394 e. The Morgan fingerprint density at radius 2 is 1.93 bits per heavy atom. The van der Waals surface area contributed by atoms with Crippen molar-refractivity contribution in [3.63, 3.8) is 0 Å². The molecule has 1 aromatic heterocycles. The fourth-order valence-electron chi connectivity index (χ4n) is 6.26. The van der Waals surface area contributed by atoms with Crippen LogP contribution < -0.4 is 0 Å². The average molecular weight is 585 g/mol. The molecular formula is C27H35ClF2N4O6. The lowest BCUT2D eigenvalue weighted by atomic mass is 9.71. The van der Waals surface area contributed by atoms with Crippen molar-refractivity contribution in [3.8, 4) is 11.3 Å². The number of aliphatic hydroxyl groups excluding tert-OH is 2. The van der Waals surface area contributed by atoms with Crippen molar-refractivity contribution in [1.29, 1.82) is 0 Å². The fraction of sp³-hybridized carbons (Fsp3) is 0.667. The highest BCUT2D eigenvalue weighted by molar-refractivity contribution is 6.30. The van der Waals surface area contributed by atoms with Crippen molar-refractivity contribution in [2.45, 2.75) is 94.0 Å². The van der Waals surface area contributed by atoms with Crippen LogP contribution in [-0.2, 0) is 14.3 Å². The molecule has 2 aliphatic heterocycles. The number of rotatable bonds is 7. The summed E-state index contributed by atoms with van der Waals surface area (Å²) in [6.07, 6.45) is 1.96. The molecule has 0 amide bonds. The van der Waals surface area contributed by atoms with Crippen LogP contribution in [0, 0.1) is 17.6 Å². The van der Waals surface area contributed by atoms with Crippen LogP contribution in [0.2, 0.25) is 5.02 Å². The first kappa shape index (κ1) is 29.3. The maximum Gasteiger partial charge on any atom is 0.178 e. The van der Waals surface area contributed by atoms with Crippen molar-refractivity contribution in [3.05, 3.63) is 35.0 Å². The van der Waals surface area contributed by atoms with Gasteiger partial charge < -0.3 is 29.6 Å². The standard InChI is InChI=1S/C27H35ClF2N4O6/c1-26(2,37)14-6-8-27(9-7-14)11-15(32-40-27)10-19-25(38-3)23(24(36)20(13-35)39-19)34-12-18(31-33-34)16-4-5-17(28)22(30)21(16)29/h4-5,12,14,19-20,23-25,35-37H,6-11,13H2,1-3H3/t14?,19-,20-,23+,24+,25+,27?/m1/s1. The average Bonchev–Trinajstić information content (AvgIpc) is 3.55. The zero-order chi connectivity index (χ0) is 28.8. The molecule has 40 heavy (non-hydrogen) atoms. The number of oxime groups is 1. The number of benzene rings is 1. The Kier molecular flexibility index (Phi) is 8.21. The summed E-state index contributed by atoms with van der Waals surface area (Å²) in [5, 5.41) is 43.5. The summed E-state index contributed by atoms with van der Waals surface area (Å²) in [4.78, 5) is 5.94. The zero-order valence-electron chi connectivity index (χ0n) is 22.6. The summed E-state index contributed by atoms with van der Waals surface area (Å²) in [5.74, 6) is -2.16. The highest BCUT2D eigenvalue weighted by Gasteiger charge is 2.50. The Labute approximate surface area is 235 Å². The van der Waals surface area contributed by atoms with Gasteiger partial charge in [-0.1, -0.05) is 22.0 Å². The summed E-state index contributed by atoms with van der Waals surface area (Å²) in [6, 6.07) is 1.66. The van der Waals surface area contributed by atoms with E-state index in [-0.39, 0.29) is 22.2 Å². The van der Waals surface area contributed by atoms with E-state index in [2.05, 4.69) is 15.5 Å². The third-order valence-electron chi connectivity index (χ3n) is 8.59. The van der Waals surface area contributed by atoms with Crippen LogP contribution >= 0.6 is 11.6 Å². The van der Waals surface area contributed by atoms with Gasteiger partial charge in [0, 0.05) is 25.5 Å². The number of aromatic nitrogens is 3. The summed E-state index contributed by atoms with van der Waals surface area (Å²) >= 11 is 5.68. The summed E-state index contributed by atoms with van der Waals surface area (Å²) in [5.41, 5.74) is -0.479. The van der Waals surface area contributed by atoms with E-state index in [1.165, 1.54) is 30.1 Å². The van der Waals surface area contributed by atoms with Crippen molar-refractivity contribution in [2.75, 3.05) is 13.7 Å². The third-order valence-corrected chi connectivity index (χ3v) is 8.88. The predicted molar refractivity (Wildman–Crippen MR) is 141 cm³/mol. The highest BCUT2D eigenvalue weighted by atomic mass is 35.5. The molecular weight excluding hydrogens is 550 g/mol. The van der Waals surface area contributed by atoms with Gasteiger partial charge in [0.05, 0.1) is 35.2 Å². The zero-order valence-corrected chi connectivity index (χ0v) is 23.4. The van der Waals surface area contributed by atoms with E-state index in [4.69, 9.17) is 25.9 Å². The van der Waals surface area contributed by atoms with Gasteiger partial charge in [0.1, 0.15) is 35.6 Å². The first-order chi connectivity index (χ1) is 19.0. The van der Waals surface area contributed by atoms with E-state index < -0.39 is 59.9 Å². The molecule has 5 rings (SSSR count). The van der Waals surface area contributed by atoms with Crippen LogP contribution in [0.4, 0.5) is 8.78 Å². The monoisotopic (exact) mass is 584 g/mol. The number of halogens is 3. The van der Waals surface area contributed by atoms with E-state index in [1.807, 2.05) is 13.8 Å². The molecule has 220 valence electrons. The van der Waals surface area contributed by atoms with Crippen LogP contribution in [0.1, 0.15) is 58.4 Å². The molecule has 0 unspecified atom stereocenters. The maximum absolute atomic E-state index is 14.6. The first-order valence-corrected chi connectivity index (χ1v) is 13.8. The second-order valence-electron chi connectivity index (χ2n) is 11.6. The highest BCUT2D eigenvalue weighted by Crippen LogP contribution is 2.45. The van der Waals surface area contributed by atoms with Crippen LogP contribution in [0.5, 0.6) is 0 Å². The van der Waals surface area contributed by atoms with Crippen molar-refractivity contribution < 1.29 is 38.4 Å². The molecule has 1 spiro atoms. The molecule has 10 nitrogen and oxygen atoms in total. The molecule has 3 aliphatic rings. The molecule has 1 saturated heterocycles. The van der Waals surface area contributed by atoms with Gasteiger partial charge in [-0.05, 0) is 57.6 Å². The van der Waals surface area contributed by atoms with Gasteiger partial charge in [0.25, 0.3) is 0 Å². The van der Waals surface area contributed by atoms with Crippen LogP contribution in [0.15, 0.2) is 23.5 Å². The Morgan fingerprint density at radius 3 is 2.58 bits per heavy atom. The van der Waals surface area contributed by atoms with Gasteiger partial charge in [-0.3, -0.25) is 0 Å². The van der Waals surface area contributed by atoms with Crippen molar-refractivity contribution >= 4 is 17.3 Å². The van der Waals surface area contributed by atoms with Gasteiger partial charge in [-0.2, -0.15) is 0 Å². The van der Waals surface area contributed by atoms with Gasteiger partial charge >= 0.3 is 0 Å². The van der Waals surface area contributed by atoms with E-state index in [0.717, 1.165) is 31.4 Å². The number of aliphatic hydroxyl groups is 3. The van der Waals surface area contributed by atoms with Crippen LogP contribution in [0.3, 0.4) is 0 Å². The Morgan fingerprint density at radius 1 is 1.20 bits per heavy atom. The molecule has 3 N–H and O–H groups in total. The van der Waals surface area contributed by atoms with E-state index in [0.29, 0.717) is 12.8 Å². The number of hydrogen-bond acceptors (Lipinski definition) is 9. The molecule has 0 radical (unpaired) electrons. The molecule has 1 saturated carbocycles. The second kappa shape index (κ2) is 11.2. The van der Waals surface area contributed by atoms with Crippen molar-refractivity contribution in [2.24, 2.45) is 11.1 Å². The molecule has 2 fully saturated rings. The summed E-state index contributed by atoms with van der Waals surface area (Å²) in [6.45, 7) is 3.21. The quantitative estimate of drug-likeness (QED) is 0.422. The molecule has 0 bridgehead atoms. The molecule has 2 aromatic rings. The normalized spacial score (nSPS) is 32.8. The van der Waals surface area contributed by atoms with Crippen LogP contribution in [-0.4, -0.2) is 85.4 Å². The van der Waals surface area contributed by atoms with Gasteiger partial charge in [-0.25, -0.2) is 13.5 Å². The van der Waals surface area contributed by atoms with Gasteiger partial charge in [0.2, 0.25) is 0 Å². The second-order valence-corrected chi connectivity index (χ2v) is 12.0.